The van der Waals surface area contributed by atoms with E-state index in [0.29, 0.717) is 29.9 Å². The number of H-pyrrole nitrogens is 1. The number of carbonyl (C=O) groups excluding carboxylic acids is 1. The molecule has 6 heteroatoms. The van der Waals surface area contributed by atoms with Crippen molar-refractivity contribution in [3.8, 4) is 0 Å². The Kier molecular flexibility index (Phi) is 6.92. The number of para-hydroxylation sites is 1. The summed E-state index contributed by atoms with van der Waals surface area (Å²) < 4.78 is 5.13. The molecule has 3 rings (SSSR count). The summed E-state index contributed by atoms with van der Waals surface area (Å²) in [6, 6.07) is 15.2. The van der Waals surface area contributed by atoms with Crippen molar-refractivity contribution in [2.24, 2.45) is 0 Å². The molecule has 0 fully saturated rings. The lowest BCUT2D eigenvalue weighted by Crippen LogP contribution is -2.33. The third-order valence-corrected chi connectivity index (χ3v) is 4.69. The van der Waals surface area contributed by atoms with Crippen molar-refractivity contribution in [3.05, 3.63) is 81.9 Å². The molecule has 6 nitrogen and oxygen atoms in total. The van der Waals surface area contributed by atoms with Gasteiger partial charge in [0.1, 0.15) is 5.82 Å². The van der Waals surface area contributed by atoms with E-state index in [-0.39, 0.29) is 18.0 Å². The molecule has 150 valence electrons. The quantitative estimate of drug-likeness (QED) is 0.599. The summed E-state index contributed by atoms with van der Waals surface area (Å²) in [7, 11) is 1.59. The molecule has 1 aromatic heterocycles. The van der Waals surface area contributed by atoms with Crippen LogP contribution in [0.15, 0.2) is 59.4 Å². The summed E-state index contributed by atoms with van der Waals surface area (Å²) in [4.78, 5) is 33.9. The topological polar surface area (TPSA) is 75.3 Å². The van der Waals surface area contributed by atoms with Crippen LogP contribution in [0.5, 0.6) is 0 Å². The number of hydrogen-bond donors (Lipinski definition) is 1. The highest BCUT2D eigenvalue weighted by Crippen LogP contribution is 2.10. The summed E-state index contributed by atoms with van der Waals surface area (Å²) in [6.07, 6.45) is 4.30. The zero-order valence-corrected chi connectivity index (χ0v) is 16.7. The molecule has 0 saturated heterocycles. The molecule has 1 N–H and O–H groups in total. The molecule has 0 unspecified atom stereocenters. The molecule has 0 radical (unpaired) electrons. The van der Waals surface area contributed by atoms with Crippen molar-refractivity contribution >= 4 is 22.9 Å². The van der Waals surface area contributed by atoms with E-state index in [1.165, 1.54) is 11.6 Å². The number of aromatic nitrogens is 2. The number of rotatable bonds is 8. The van der Waals surface area contributed by atoms with Crippen molar-refractivity contribution in [3.63, 3.8) is 0 Å². The molecule has 0 aliphatic heterocycles. The zero-order valence-electron chi connectivity index (χ0n) is 16.7. The van der Waals surface area contributed by atoms with E-state index in [1.807, 2.05) is 18.2 Å². The van der Waals surface area contributed by atoms with Gasteiger partial charge >= 0.3 is 0 Å². The monoisotopic (exact) mass is 391 g/mol. The first-order chi connectivity index (χ1) is 14.1. The van der Waals surface area contributed by atoms with E-state index in [4.69, 9.17) is 4.74 Å². The summed E-state index contributed by atoms with van der Waals surface area (Å²) >= 11 is 0. The summed E-state index contributed by atoms with van der Waals surface area (Å²) in [6.45, 7) is 3.09. The number of amides is 1. The molecule has 0 aliphatic carbocycles. The van der Waals surface area contributed by atoms with Gasteiger partial charge in [0.2, 0.25) is 5.91 Å². The van der Waals surface area contributed by atoms with Crippen LogP contribution in [0.2, 0.25) is 0 Å². The molecule has 29 heavy (non-hydrogen) atoms. The van der Waals surface area contributed by atoms with Crippen LogP contribution in [0.25, 0.3) is 17.0 Å². The average molecular weight is 391 g/mol. The van der Waals surface area contributed by atoms with Crippen LogP contribution in [0.1, 0.15) is 23.9 Å². The standard InChI is InChI=1S/C23H25N3O3/c1-3-17-8-10-18(11-9-17)12-13-22(27)26(14-15-29-2)16-21-24-20-7-5-4-6-19(20)23(28)25-21/h4-13H,3,14-16H2,1-2H3,(H,24,25,28)/b13-12+. The van der Waals surface area contributed by atoms with E-state index in [9.17, 15) is 9.59 Å². The Bertz CT molecular complexity index is 1050. The van der Waals surface area contributed by atoms with Crippen LogP contribution in [-0.4, -0.2) is 41.0 Å². The molecule has 2 aromatic carbocycles. The maximum absolute atomic E-state index is 12.8. The van der Waals surface area contributed by atoms with Gasteiger partial charge in [-0.3, -0.25) is 9.59 Å². The lowest BCUT2D eigenvalue weighted by molar-refractivity contribution is -0.127. The van der Waals surface area contributed by atoms with Gasteiger partial charge in [-0.25, -0.2) is 4.98 Å². The number of methoxy groups -OCH3 is 1. The van der Waals surface area contributed by atoms with Crippen LogP contribution in [0.3, 0.4) is 0 Å². The second kappa shape index (κ2) is 9.80. The van der Waals surface area contributed by atoms with Gasteiger partial charge in [0.25, 0.3) is 5.56 Å². The number of aryl methyl sites for hydroxylation is 1. The maximum atomic E-state index is 12.8. The molecule has 0 spiro atoms. The minimum atomic E-state index is -0.212. The predicted molar refractivity (Wildman–Crippen MR) is 115 cm³/mol. The Morgan fingerprint density at radius 2 is 1.93 bits per heavy atom. The lowest BCUT2D eigenvalue weighted by atomic mass is 10.1. The van der Waals surface area contributed by atoms with Gasteiger partial charge in [-0.05, 0) is 35.8 Å². The van der Waals surface area contributed by atoms with Gasteiger partial charge in [-0.2, -0.15) is 0 Å². The first-order valence-corrected chi connectivity index (χ1v) is 9.63. The second-order valence-corrected chi connectivity index (χ2v) is 6.71. The summed E-state index contributed by atoms with van der Waals surface area (Å²) in [5.41, 5.74) is 2.61. The van der Waals surface area contributed by atoms with Gasteiger partial charge < -0.3 is 14.6 Å². The number of nitrogens with zero attached hydrogens (tertiary/aromatic N) is 2. The minimum Gasteiger partial charge on any atom is -0.383 e. The largest absolute Gasteiger partial charge is 0.383 e. The highest BCUT2D eigenvalue weighted by Gasteiger charge is 2.14. The van der Waals surface area contributed by atoms with Crippen molar-refractivity contribution < 1.29 is 9.53 Å². The lowest BCUT2D eigenvalue weighted by Gasteiger charge is -2.20. The fourth-order valence-electron chi connectivity index (χ4n) is 3.00. The first-order valence-electron chi connectivity index (χ1n) is 9.63. The number of carbonyl (C=O) groups is 1. The Hall–Kier alpha value is -3.25. The van der Waals surface area contributed by atoms with E-state index >= 15 is 0 Å². The molecule has 1 heterocycles. The average Bonchev–Trinajstić information content (AvgIpc) is 2.75. The number of hydrogen-bond acceptors (Lipinski definition) is 4. The molecule has 3 aromatic rings. The number of aromatic amines is 1. The van der Waals surface area contributed by atoms with Crippen LogP contribution in [0.4, 0.5) is 0 Å². The van der Waals surface area contributed by atoms with Crippen LogP contribution >= 0.6 is 0 Å². The third-order valence-electron chi connectivity index (χ3n) is 4.69. The molecule has 0 aliphatic rings. The van der Waals surface area contributed by atoms with Crippen molar-refractivity contribution in [1.82, 2.24) is 14.9 Å². The molecule has 0 atom stereocenters. The number of nitrogens with one attached hydrogen (secondary N) is 1. The fourth-order valence-corrected chi connectivity index (χ4v) is 3.00. The Morgan fingerprint density at radius 3 is 2.66 bits per heavy atom. The normalized spacial score (nSPS) is 11.2. The molecule has 0 saturated carbocycles. The van der Waals surface area contributed by atoms with Gasteiger partial charge in [-0.1, -0.05) is 43.3 Å². The van der Waals surface area contributed by atoms with Gasteiger partial charge in [0.15, 0.2) is 0 Å². The van der Waals surface area contributed by atoms with Gasteiger partial charge in [-0.15, -0.1) is 0 Å². The molecule has 1 amide bonds. The molecular weight excluding hydrogens is 366 g/mol. The van der Waals surface area contributed by atoms with Crippen LogP contribution < -0.4 is 5.56 Å². The first kappa shape index (κ1) is 20.5. The van der Waals surface area contributed by atoms with E-state index in [2.05, 4.69) is 29.0 Å². The van der Waals surface area contributed by atoms with E-state index < -0.39 is 0 Å². The van der Waals surface area contributed by atoms with Crippen LogP contribution in [-0.2, 0) is 22.5 Å². The Balaban J connectivity index is 1.78. The Labute approximate surface area is 169 Å². The third kappa shape index (κ3) is 5.39. The smallest absolute Gasteiger partial charge is 0.258 e. The number of benzene rings is 2. The summed E-state index contributed by atoms with van der Waals surface area (Å²) in [5.74, 6) is 0.274. The van der Waals surface area contributed by atoms with E-state index in [1.54, 1.807) is 36.3 Å². The SMILES string of the molecule is CCc1ccc(/C=C/C(=O)N(CCOC)Cc2nc3ccccc3c(=O)[nH]2)cc1. The van der Waals surface area contributed by atoms with Crippen molar-refractivity contribution in [2.45, 2.75) is 19.9 Å². The maximum Gasteiger partial charge on any atom is 0.258 e. The van der Waals surface area contributed by atoms with Gasteiger partial charge in [0, 0.05) is 19.7 Å². The van der Waals surface area contributed by atoms with Crippen LogP contribution in [0, 0.1) is 0 Å². The minimum absolute atomic E-state index is 0.169. The molecular formula is C23H25N3O3. The summed E-state index contributed by atoms with van der Waals surface area (Å²) in [5, 5.41) is 0.529. The molecule has 0 bridgehead atoms. The predicted octanol–water partition coefficient (Wildman–Crippen LogP) is 3.17. The highest BCUT2D eigenvalue weighted by atomic mass is 16.5. The Morgan fingerprint density at radius 1 is 1.17 bits per heavy atom. The van der Waals surface area contributed by atoms with E-state index in [0.717, 1.165) is 12.0 Å². The van der Waals surface area contributed by atoms with Gasteiger partial charge in [0.05, 0.1) is 24.1 Å². The second-order valence-electron chi connectivity index (χ2n) is 6.71. The van der Waals surface area contributed by atoms with Crippen molar-refractivity contribution in [2.75, 3.05) is 20.3 Å². The zero-order chi connectivity index (χ0) is 20.6. The number of ether oxygens (including phenoxy) is 1. The van der Waals surface area contributed by atoms with Crippen molar-refractivity contribution in [1.29, 1.82) is 0 Å². The highest BCUT2D eigenvalue weighted by molar-refractivity contribution is 5.91. The number of fused-ring (bicyclic) bond motifs is 1. The fraction of sp³-hybridized carbons (Fsp3) is 0.261.